The molecule has 150 valence electrons. The third-order valence-corrected chi connectivity index (χ3v) is 7.34. The van der Waals surface area contributed by atoms with Crippen LogP contribution in [0.3, 0.4) is 0 Å². The van der Waals surface area contributed by atoms with Crippen LogP contribution in [-0.4, -0.2) is 42.0 Å². The van der Waals surface area contributed by atoms with Crippen LogP contribution in [0.25, 0.3) is 0 Å². The van der Waals surface area contributed by atoms with E-state index in [0.29, 0.717) is 29.4 Å². The van der Waals surface area contributed by atoms with Crippen molar-refractivity contribution >= 4 is 10.0 Å². The molecule has 0 radical (unpaired) electrons. The average Bonchev–Trinajstić information content (AvgIpc) is 2.95. The van der Waals surface area contributed by atoms with E-state index in [1.807, 2.05) is 32.0 Å². The molecule has 6 nitrogen and oxygen atoms in total. The molecule has 2 saturated heterocycles. The molecule has 0 saturated carbocycles. The Balaban J connectivity index is 1.49. The summed E-state index contributed by atoms with van der Waals surface area (Å²) in [5.74, 6) is 1.28. The van der Waals surface area contributed by atoms with Gasteiger partial charge < -0.3 is 9.47 Å². The second kappa shape index (κ2) is 7.72. The van der Waals surface area contributed by atoms with Gasteiger partial charge in [0.15, 0.2) is 0 Å². The predicted octanol–water partition coefficient (Wildman–Crippen LogP) is 3.63. The van der Waals surface area contributed by atoms with E-state index in [4.69, 9.17) is 9.47 Å². The fourth-order valence-electron chi connectivity index (χ4n) is 4.24. The highest BCUT2D eigenvalue weighted by Gasteiger charge is 2.47. The Bertz CT molecular complexity index is 886. The van der Waals surface area contributed by atoms with Crippen LogP contribution in [0.2, 0.25) is 0 Å². The molecule has 0 aliphatic carbocycles. The quantitative estimate of drug-likeness (QED) is 0.738. The van der Waals surface area contributed by atoms with E-state index in [2.05, 4.69) is 4.98 Å². The molecule has 2 aromatic rings. The molecule has 7 heteroatoms. The number of aromatic nitrogens is 1. The van der Waals surface area contributed by atoms with E-state index in [1.165, 1.54) is 0 Å². The lowest BCUT2D eigenvalue weighted by molar-refractivity contribution is 0.0918. The Morgan fingerprint density at radius 1 is 1.04 bits per heavy atom. The Kier molecular flexibility index (Phi) is 5.29. The molecule has 2 aliphatic rings. The van der Waals surface area contributed by atoms with Crippen LogP contribution in [-0.2, 0) is 10.0 Å². The number of pyridine rings is 1. The van der Waals surface area contributed by atoms with Crippen LogP contribution in [0.1, 0.15) is 39.5 Å². The zero-order valence-electron chi connectivity index (χ0n) is 16.2. The van der Waals surface area contributed by atoms with Gasteiger partial charge in [-0.1, -0.05) is 6.07 Å². The highest BCUT2D eigenvalue weighted by Crippen LogP contribution is 2.41. The Morgan fingerprint density at radius 2 is 1.71 bits per heavy atom. The van der Waals surface area contributed by atoms with Gasteiger partial charge in [-0.05, 0) is 57.0 Å². The maximum atomic E-state index is 13.3. The minimum absolute atomic E-state index is 0.000618. The maximum Gasteiger partial charge on any atom is 0.243 e. The molecule has 2 bridgehead atoms. The summed E-state index contributed by atoms with van der Waals surface area (Å²) < 4.78 is 39.9. The number of benzene rings is 1. The summed E-state index contributed by atoms with van der Waals surface area (Å²) in [4.78, 5) is 4.55. The van der Waals surface area contributed by atoms with Crippen LogP contribution in [0.5, 0.6) is 11.6 Å². The van der Waals surface area contributed by atoms with Crippen molar-refractivity contribution in [2.24, 2.45) is 0 Å². The van der Waals surface area contributed by atoms with Gasteiger partial charge >= 0.3 is 0 Å². The highest BCUT2D eigenvalue weighted by atomic mass is 32.2. The first kappa shape index (κ1) is 19.2. The third kappa shape index (κ3) is 3.86. The normalized spacial score (nSPS) is 25.0. The van der Waals surface area contributed by atoms with E-state index in [9.17, 15) is 8.42 Å². The standard InChI is InChI=1S/C21H26N2O4S/c1-15(2)26-18-8-10-20(11-9-18)28(24,25)23-16-6-7-17(23)14-19(13-16)27-21-5-3-4-12-22-21/h3-5,8-12,15-17,19H,6-7,13-14H2,1-2H3. The van der Waals surface area contributed by atoms with Gasteiger partial charge in [-0.15, -0.1) is 0 Å². The fraction of sp³-hybridized carbons (Fsp3) is 0.476. The number of hydrogen-bond donors (Lipinski definition) is 0. The van der Waals surface area contributed by atoms with Crippen molar-refractivity contribution in [2.75, 3.05) is 0 Å². The van der Waals surface area contributed by atoms with Gasteiger partial charge in [0, 0.05) is 37.2 Å². The lowest BCUT2D eigenvalue weighted by Gasteiger charge is -2.37. The van der Waals surface area contributed by atoms with Crippen molar-refractivity contribution in [1.82, 2.24) is 9.29 Å². The van der Waals surface area contributed by atoms with Gasteiger partial charge in [0.05, 0.1) is 11.0 Å². The second-order valence-corrected chi connectivity index (χ2v) is 9.58. The summed E-state index contributed by atoms with van der Waals surface area (Å²) in [7, 11) is -3.53. The van der Waals surface area contributed by atoms with Crippen molar-refractivity contribution in [3.8, 4) is 11.6 Å². The smallest absolute Gasteiger partial charge is 0.243 e. The molecule has 3 heterocycles. The zero-order valence-corrected chi connectivity index (χ0v) is 17.0. The summed E-state index contributed by atoms with van der Waals surface area (Å²) in [6.07, 6.45) is 4.90. The minimum atomic E-state index is -3.53. The Morgan fingerprint density at radius 3 is 2.29 bits per heavy atom. The van der Waals surface area contributed by atoms with E-state index in [0.717, 1.165) is 12.8 Å². The van der Waals surface area contributed by atoms with Crippen molar-refractivity contribution in [3.05, 3.63) is 48.7 Å². The van der Waals surface area contributed by atoms with Gasteiger partial charge in [0.1, 0.15) is 11.9 Å². The Labute approximate surface area is 166 Å². The van der Waals surface area contributed by atoms with Crippen LogP contribution < -0.4 is 9.47 Å². The first-order valence-electron chi connectivity index (χ1n) is 9.81. The molecule has 0 amide bonds. The van der Waals surface area contributed by atoms with Crippen molar-refractivity contribution in [2.45, 2.75) is 68.7 Å². The van der Waals surface area contributed by atoms with Gasteiger partial charge in [0.25, 0.3) is 0 Å². The van der Waals surface area contributed by atoms with Crippen LogP contribution in [0.4, 0.5) is 0 Å². The fourth-order valence-corrected chi connectivity index (χ4v) is 6.14. The summed E-state index contributed by atoms with van der Waals surface area (Å²) in [6.45, 7) is 3.89. The highest BCUT2D eigenvalue weighted by molar-refractivity contribution is 7.89. The monoisotopic (exact) mass is 402 g/mol. The average molecular weight is 403 g/mol. The van der Waals surface area contributed by atoms with Gasteiger partial charge in [-0.2, -0.15) is 4.31 Å². The molecule has 28 heavy (non-hydrogen) atoms. The number of fused-ring (bicyclic) bond motifs is 2. The number of rotatable bonds is 6. The number of hydrogen-bond acceptors (Lipinski definition) is 5. The summed E-state index contributed by atoms with van der Waals surface area (Å²) in [6, 6.07) is 12.3. The van der Waals surface area contributed by atoms with E-state index in [1.54, 1.807) is 34.8 Å². The first-order valence-corrected chi connectivity index (χ1v) is 11.3. The number of piperidine rings is 1. The number of ether oxygens (including phenoxy) is 2. The molecule has 0 spiro atoms. The van der Waals surface area contributed by atoms with Gasteiger partial charge in [-0.25, -0.2) is 13.4 Å². The zero-order chi connectivity index (χ0) is 19.7. The Hall–Kier alpha value is -2.12. The largest absolute Gasteiger partial charge is 0.491 e. The number of nitrogens with zero attached hydrogens (tertiary/aromatic N) is 2. The van der Waals surface area contributed by atoms with Gasteiger partial charge in [-0.3, -0.25) is 0 Å². The molecule has 1 aromatic carbocycles. The molecule has 2 fully saturated rings. The SMILES string of the molecule is CC(C)Oc1ccc(S(=O)(=O)N2C3CCC2CC(Oc2ccccn2)C3)cc1. The molecular formula is C21H26N2O4S. The van der Waals surface area contributed by atoms with Crippen molar-refractivity contribution in [1.29, 1.82) is 0 Å². The summed E-state index contributed by atoms with van der Waals surface area (Å²) in [5, 5.41) is 0. The van der Waals surface area contributed by atoms with Gasteiger partial charge in [0.2, 0.25) is 15.9 Å². The molecule has 0 N–H and O–H groups in total. The van der Waals surface area contributed by atoms with E-state index < -0.39 is 10.0 Å². The maximum absolute atomic E-state index is 13.3. The van der Waals surface area contributed by atoms with Crippen molar-refractivity contribution in [3.63, 3.8) is 0 Å². The molecule has 2 atom stereocenters. The summed E-state index contributed by atoms with van der Waals surface area (Å²) >= 11 is 0. The predicted molar refractivity (Wildman–Crippen MR) is 106 cm³/mol. The summed E-state index contributed by atoms with van der Waals surface area (Å²) in [5.41, 5.74) is 0. The van der Waals surface area contributed by atoms with Crippen LogP contribution >= 0.6 is 0 Å². The van der Waals surface area contributed by atoms with Crippen LogP contribution in [0.15, 0.2) is 53.6 Å². The van der Waals surface area contributed by atoms with E-state index >= 15 is 0 Å². The lowest BCUT2D eigenvalue weighted by Crippen LogP contribution is -2.49. The third-order valence-electron chi connectivity index (χ3n) is 5.32. The molecule has 1 aromatic heterocycles. The molecule has 2 aliphatic heterocycles. The molecule has 4 rings (SSSR count). The molecule has 2 unspecified atom stereocenters. The molecular weight excluding hydrogens is 376 g/mol. The van der Waals surface area contributed by atoms with Crippen molar-refractivity contribution < 1.29 is 17.9 Å². The minimum Gasteiger partial charge on any atom is -0.491 e. The van der Waals surface area contributed by atoms with E-state index in [-0.39, 0.29) is 24.3 Å². The lowest BCUT2D eigenvalue weighted by atomic mass is 10.0. The topological polar surface area (TPSA) is 68.7 Å². The van der Waals surface area contributed by atoms with Crippen LogP contribution in [0, 0.1) is 0 Å². The first-order chi connectivity index (χ1) is 13.4. The number of sulfonamides is 1. The second-order valence-electron chi connectivity index (χ2n) is 7.74.